The summed E-state index contributed by atoms with van der Waals surface area (Å²) in [7, 11) is -8.81. The topological polar surface area (TPSA) is 109 Å². The fourth-order valence-corrected chi connectivity index (χ4v) is 7.80. The van der Waals surface area contributed by atoms with Crippen molar-refractivity contribution in [1.82, 2.24) is 0 Å². The number of sulfone groups is 2. The van der Waals surface area contributed by atoms with Crippen molar-refractivity contribution in [2.45, 2.75) is 21.3 Å². The predicted molar refractivity (Wildman–Crippen MR) is 115 cm³/mol. The maximum absolute atomic E-state index is 13.4. The number of benzene rings is 4. The molecule has 0 aliphatic carbocycles. The summed E-state index contributed by atoms with van der Waals surface area (Å²) in [6.45, 7) is 1.10. The zero-order valence-electron chi connectivity index (χ0n) is 15.8. The highest BCUT2D eigenvalue weighted by Crippen LogP contribution is 2.37. The van der Waals surface area contributed by atoms with Crippen molar-refractivity contribution in [3.8, 4) is 11.5 Å². The van der Waals surface area contributed by atoms with Gasteiger partial charge < -0.3 is 10.2 Å². The van der Waals surface area contributed by atoms with Gasteiger partial charge in [0, 0.05) is 10.8 Å². The first-order valence-corrected chi connectivity index (χ1v) is 12.1. The molecule has 0 heterocycles. The van der Waals surface area contributed by atoms with Gasteiger partial charge >= 0.3 is 0 Å². The Bertz CT molecular complexity index is 1380. The van der Waals surface area contributed by atoms with E-state index in [1.807, 2.05) is 0 Å². The molecule has 154 valence electrons. The number of hydrogen-bond donors (Lipinski definition) is 2. The summed E-state index contributed by atoms with van der Waals surface area (Å²) >= 11 is 0. The molecular weight excluding hydrogens is 424 g/mol. The van der Waals surface area contributed by atoms with Gasteiger partial charge in [-0.1, -0.05) is 48.5 Å². The van der Waals surface area contributed by atoms with Gasteiger partial charge in [0.25, 0.3) is 0 Å². The van der Waals surface area contributed by atoms with Gasteiger partial charge in [-0.05, 0) is 42.0 Å². The summed E-state index contributed by atoms with van der Waals surface area (Å²) < 4.78 is 51.7. The Labute approximate surface area is 173 Å². The molecule has 4 rings (SSSR count). The van der Waals surface area contributed by atoms with E-state index < -0.39 is 24.3 Å². The summed E-state index contributed by atoms with van der Waals surface area (Å²) in [4.78, 5) is -0.530. The van der Waals surface area contributed by atoms with Gasteiger partial charge in [0.05, 0.1) is 9.79 Å². The molecule has 4 aromatic carbocycles. The van der Waals surface area contributed by atoms with Gasteiger partial charge in [-0.15, -0.1) is 0 Å². The van der Waals surface area contributed by atoms with Crippen LogP contribution in [0, 0.1) is 0 Å². The van der Waals surface area contributed by atoms with Crippen LogP contribution in [-0.2, 0) is 19.7 Å². The van der Waals surface area contributed by atoms with Crippen molar-refractivity contribution in [2.75, 3.05) is 0 Å². The molecule has 0 bridgehead atoms. The molecule has 0 saturated carbocycles. The van der Waals surface area contributed by atoms with Gasteiger partial charge in [-0.3, -0.25) is 0 Å². The quantitative estimate of drug-likeness (QED) is 0.495. The lowest BCUT2D eigenvalue weighted by atomic mass is 10.1. The van der Waals surface area contributed by atoms with E-state index in [0.717, 1.165) is 6.92 Å². The second kappa shape index (κ2) is 7.00. The zero-order valence-corrected chi connectivity index (χ0v) is 17.5. The lowest BCUT2D eigenvalue weighted by Gasteiger charge is -2.17. The molecule has 0 spiro atoms. The largest absolute Gasteiger partial charge is 0.507 e. The van der Waals surface area contributed by atoms with Crippen LogP contribution in [0.4, 0.5) is 0 Å². The van der Waals surface area contributed by atoms with Gasteiger partial charge in [0.2, 0.25) is 0 Å². The molecule has 4 aromatic rings. The average Bonchev–Trinajstić information content (AvgIpc) is 2.73. The summed E-state index contributed by atoms with van der Waals surface area (Å²) in [6.07, 6.45) is 0. The summed E-state index contributed by atoms with van der Waals surface area (Å²) in [5.74, 6) is -0.502. The first-order valence-electron chi connectivity index (χ1n) is 9.05. The molecule has 0 atom stereocenters. The van der Waals surface area contributed by atoms with Gasteiger partial charge in [-0.25, -0.2) is 16.8 Å². The molecule has 0 saturated heterocycles. The van der Waals surface area contributed by atoms with Crippen LogP contribution < -0.4 is 0 Å². The van der Waals surface area contributed by atoms with Crippen LogP contribution in [-0.4, -0.2) is 31.6 Å². The van der Waals surface area contributed by atoms with Crippen LogP contribution in [0.5, 0.6) is 11.5 Å². The van der Waals surface area contributed by atoms with E-state index in [-0.39, 0.29) is 32.1 Å². The van der Waals surface area contributed by atoms with E-state index in [4.69, 9.17) is 0 Å². The van der Waals surface area contributed by atoms with E-state index in [1.165, 1.54) is 36.4 Å². The minimum Gasteiger partial charge on any atom is -0.507 e. The number of hydrogen-bond acceptors (Lipinski definition) is 6. The minimum absolute atomic E-state index is 0.0721. The third-order valence-electron chi connectivity index (χ3n) is 5.18. The lowest BCUT2D eigenvalue weighted by Crippen LogP contribution is -2.28. The molecule has 0 amide bonds. The zero-order chi connectivity index (χ0) is 21.7. The standard InChI is InChI=1S/C22H18O6S2/c1-14(29(25,26)19-12-4-8-15-6-2-10-17(23)21(15)19)30(27,28)20-13-5-9-16-7-3-11-18(24)22(16)20/h2-14,23-24H,1H3. The first-order chi connectivity index (χ1) is 14.2. The Morgan fingerprint density at radius 1 is 0.600 bits per heavy atom. The highest BCUT2D eigenvalue weighted by atomic mass is 32.3. The third kappa shape index (κ3) is 3.00. The molecule has 0 unspecified atom stereocenters. The monoisotopic (exact) mass is 442 g/mol. The molecule has 0 aromatic heterocycles. The molecule has 0 fully saturated rings. The van der Waals surface area contributed by atoms with E-state index >= 15 is 0 Å². The molecule has 30 heavy (non-hydrogen) atoms. The molecule has 2 N–H and O–H groups in total. The first kappa shape index (κ1) is 20.2. The lowest BCUT2D eigenvalue weighted by molar-refractivity contribution is 0.480. The smallest absolute Gasteiger partial charge is 0.196 e. The second-order valence-electron chi connectivity index (χ2n) is 6.92. The van der Waals surface area contributed by atoms with Crippen molar-refractivity contribution in [3.05, 3.63) is 72.8 Å². The Hall–Kier alpha value is -3.10. The van der Waals surface area contributed by atoms with Gasteiger partial charge in [0.1, 0.15) is 11.5 Å². The molecule has 0 aliphatic rings. The van der Waals surface area contributed by atoms with E-state index in [2.05, 4.69) is 0 Å². The third-order valence-corrected chi connectivity index (χ3v) is 10.4. The Kier molecular flexibility index (Phi) is 4.71. The van der Waals surface area contributed by atoms with Crippen LogP contribution in [0.2, 0.25) is 0 Å². The number of fused-ring (bicyclic) bond motifs is 2. The SMILES string of the molecule is CC(S(=O)(=O)c1cccc2cccc(O)c12)S(=O)(=O)c1cccc2cccc(O)c12. The Balaban J connectivity index is 1.95. The number of aromatic hydroxyl groups is 2. The summed E-state index contributed by atoms with van der Waals surface area (Å²) in [5.41, 5.74) is 0. The van der Waals surface area contributed by atoms with Crippen molar-refractivity contribution >= 4 is 41.2 Å². The van der Waals surface area contributed by atoms with E-state index in [0.29, 0.717) is 10.8 Å². The van der Waals surface area contributed by atoms with Crippen molar-refractivity contribution in [3.63, 3.8) is 0 Å². The summed E-state index contributed by atoms with van der Waals surface area (Å²) in [5, 5.41) is 21.6. The van der Waals surface area contributed by atoms with Crippen molar-refractivity contribution in [2.24, 2.45) is 0 Å². The number of phenolic OH excluding ortho intramolecular Hbond substituents is 2. The van der Waals surface area contributed by atoms with Crippen LogP contribution in [0.3, 0.4) is 0 Å². The average molecular weight is 443 g/mol. The number of rotatable bonds is 4. The van der Waals surface area contributed by atoms with Crippen LogP contribution in [0.15, 0.2) is 82.6 Å². The maximum Gasteiger partial charge on any atom is 0.196 e. The molecule has 0 radical (unpaired) electrons. The molecule has 0 aliphatic heterocycles. The predicted octanol–water partition coefficient (Wildman–Crippen LogP) is 4.00. The normalized spacial score (nSPS) is 12.6. The second-order valence-corrected chi connectivity index (χ2v) is 11.7. The Morgan fingerprint density at radius 3 is 1.30 bits per heavy atom. The van der Waals surface area contributed by atoms with Crippen LogP contribution >= 0.6 is 0 Å². The summed E-state index contributed by atoms with van der Waals surface area (Å²) in [6, 6.07) is 18.0. The van der Waals surface area contributed by atoms with Gasteiger partial charge in [0.15, 0.2) is 24.3 Å². The molecular formula is C22H18O6S2. The fourth-order valence-electron chi connectivity index (χ4n) is 3.57. The van der Waals surface area contributed by atoms with E-state index in [9.17, 15) is 27.0 Å². The Morgan fingerprint density at radius 2 is 0.933 bits per heavy atom. The highest BCUT2D eigenvalue weighted by Gasteiger charge is 2.38. The van der Waals surface area contributed by atoms with E-state index in [1.54, 1.807) is 36.4 Å². The molecule has 6 nitrogen and oxygen atoms in total. The van der Waals surface area contributed by atoms with Crippen LogP contribution in [0.25, 0.3) is 21.5 Å². The number of phenols is 2. The minimum atomic E-state index is -4.41. The van der Waals surface area contributed by atoms with Crippen LogP contribution in [0.1, 0.15) is 6.92 Å². The van der Waals surface area contributed by atoms with Gasteiger partial charge in [-0.2, -0.15) is 0 Å². The van der Waals surface area contributed by atoms with Crippen molar-refractivity contribution in [1.29, 1.82) is 0 Å². The van der Waals surface area contributed by atoms with Crippen molar-refractivity contribution < 1.29 is 27.0 Å². The molecule has 8 heteroatoms. The maximum atomic E-state index is 13.4. The highest BCUT2D eigenvalue weighted by molar-refractivity contribution is 8.09. The fraction of sp³-hybridized carbons (Fsp3) is 0.0909.